The predicted octanol–water partition coefficient (Wildman–Crippen LogP) is 1.25. The van der Waals surface area contributed by atoms with Gasteiger partial charge in [0, 0.05) is 11.3 Å². The van der Waals surface area contributed by atoms with Crippen LogP contribution >= 0.6 is 11.8 Å². The van der Waals surface area contributed by atoms with Crippen LogP contribution in [0.15, 0.2) is 0 Å². The second-order valence-corrected chi connectivity index (χ2v) is 9.77. The van der Waals surface area contributed by atoms with Crippen molar-refractivity contribution in [2.24, 2.45) is 5.41 Å². The molecule has 7 atom stereocenters. The van der Waals surface area contributed by atoms with E-state index in [1.165, 1.54) is 37.4 Å². The molecule has 154 valence electrons. The monoisotopic (exact) mass is 391 g/mol. The highest BCUT2D eigenvalue weighted by molar-refractivity contribution is 8.00. The van der Waals surface area contributed by atoms with Crippen molar-refractivity contribution in [1.29, 1.82) is 0 Å². The van der Waals surface area contributed by atoms with Gasteiger partial charge in [-0.15, -0.1) is 11.8 Å². The highest BCUT2D eigenvalue weighted by Gasteiger charge is 2.48. The normalized spacial score (nSPS) is 40.0. The Balaban J connectivity index is 1.87. The standard InChI is InChI=1S/C19H37NO5S/c1-4-5-6-7-8-20-12-9-14(19(2,3)10-12)26-18-17(24)16(23)15(22)13(11-21)25-18/h12-18,20-24H,4-11H2,1-3H3/t12?,13-,14?,15+,16+,17-,18+/m1/s1. The molecule has 1 saturated carbocycles. The Morgan fingerprint density at radius 3 is 2.46 bits per heavy atom. The highest BCUT2D eigenvalue weighted by Crippen LogP contribution is 2.47. The van der Waals surface area contributed by atoms with Crippen molar-refractivity contribution < 1.29 is 25.2 Å². The molecule has 1 heterocycles. The molecule has 7 heteroatoms. The summed E-state index contributed by atoms with van der Waals surface area (Å²) in [6, 6.07) is 0.453. The van der Waals surface area contributed by atoms with Crippen LogP contribution in [0, 0.1) is 5.41 Å². The van der Waals surface area contributed by atoms with Crippen molar-refractivity contribution in [2.45, 2.75) is 100 Å². The van der Waals surface area contributed by atoms with E-state index in [-0.39, 0.29) is 17.3 Å². The van der Waals surface area contributed by atoms with Crippen LogP contribution in [0.1, 0.15) is 59.3 Å². The summed E-state index contributed by atoms with van der Waals surface area (Å²) in [6.45, 7) is 7.34. The number of thioether (sulfide) groups is 1. The minimum atomic E-state index is -1.30. The Kier molecular flexibility index (Phi) is 8.66. The second kappa shape index (κ2) is 10.0. The van der Waals surface area contributed by atoms with E-state index in [1.54, 1.807) is 0 Å². The molecule has 0 aromatic heterocycles. The fourth-order valence-electron chi connectivity index (χ4n) is 4.02. The van der Waals surface area contributed by atoms with Gasteiger partial charge in [0.05, 0.1) is 6.61 Å². The van der Waals surface area contributed by atoms with Gasteiger partial charge >= 0.3 is 0 Å². The largest absolute Gasteiger partial charge is 0.394 e. The third kappa shape index (κ3) is 5.56. The lowest BCUT2D eigenvalue weighted by Gasteiger charge is -2.41. The van der Waals surface area contributed by atoms with Gasteiger partial charge < -0.3 is 30.5 Å². The van der Waals surface area contributed by atoms with Gasteiger partial charge in [-0.05, 0) is 31.2 Å². The first-order chi connectivity index (χ1) is 12.3. The van der Waals surface area contributed by atoms with Crippen LogP contribution in [-0.2, 0) is 4.74 Å². The van der Waals surface area contributed by atoms with Crippen molar-refractivity contribution in [3.05, 3.63) is 0 Å². The minimum Gasteiger partial charge on any atom is -0.394 e. The molecule has 6 nitrogen and oxygen atoms in total. The summed E-state index contributed by atoms with van der Waals surface area (Å²) >= 11 is 1.52. The fraction of sp³-hybridized carbons (Fsp3) is 1.00. The van der Waals surface area contributed by atoms with Crippen LogP contribution in [0.4, 0.5) is 0 Å². The zero-order valence-corrected chi connectivity index (χ0v) is 17.1. The number of aliphatic hydroxyl groups is 4. The maximum Gasteiger partial charge on any atom is 0.132 e. The Morgan fingerprint density at radius 1 is 1.08 bits per heavy atom. The quantitative estimate of drug-likeness (QED) is 0.377. The van der Waals surface area contributed by atoms with E-state index in [2.05, 4.69) is 26.1 Å². The Morgan fingerprint density at radius 2 is 1.81 bits per heavy atom. The number of hydrogen-bond donors (Lipinski definition) is 5. The Hall–Kier alpha value is 0.110. The van der Waals surface area contributed by atoms with E-state index < -0.39 is 29.9 Å². The molecule has 1 aliphatic carbocycles. The van der Waals surface area contributed by atoms with Crippen LogP contribution in [0.5, 0.6) is 0 Å². The van der Waals surface area contributed by atoms with Crippen molar-refractivity contribution in [3.63, 3.8) is 0 Å². The summed E-state index contributed by atoms with van der Waals surface area (Å²) in [5.41, 5.74) is -0.553. The zero-order valence-electron chi connectivity index (χ0n) is 16.3. The van der Waals surface area contributed by atoms with Gasteiger partial charge in [0.25, 0.3) is 0 Å². The van der Waals surface area contributed by atoms with Gasteiger partial charge in [-0.3, -0.25) is 0 Å². The van der Waals surface area contributed by atoms with Crippen LogP contribution in [0.3, 0.4) is 0 Å². The number of ether oxygens (including phenoxy) is 1. The third-order valence-electron chi connectivity index (χ3n) is 5.75. The molecule has 0 radical (unpaired) electrons. The van der Waals surface area contributed by atoms with Crippen molar-refractivity contribution in [2.75, 3.05) is 13.2 Å². The first-order valence-electron chi connectivity index (χ1n) is 9.99. The van der Waals surface area contributed by atoms with Crippen molar-refractivity contribution in [3.8, 4) is 0 Å². The lowest BCUT2D eigenvalue weighted by molar-refractivity contribution is -0.205. The number of rotatable bonds is 9. The van der Waals surface area contributed by atoms with Gasteiger partial charge in [0.15, 0.2) is 0 Å². The smallest absolute Gasteiger partial charge is 0.132 e. The molecule has 2 fully saturated rings. The number of aliphatic hydroxyl groups excluding tert-OH is 4. The molecule has 0 amide bonds. The third-order valence-corrected chi connectivity index (χ3v) is 7.57. The molecule has 2 rings (SSSR count). The summed E-state index contributed by atoms with van der Waals surface area (Å²) in [6.07, 6.45) is 2.48. The highest BCUT2D eigenvalue weighted by atomic mass is 32.2. The maximum atomic E-state index is 10.3. The van der Waals surface area contributed by atoms with E-state index >= 15 is 0 Å². The molecule has 5 N–H and O–H groups in total. The van der Waals surface area contributed by atoms with Gasteiger partial charge in [-0.2, -0.15) is 0 Å². The topological polar surface area (TPSA) is 102 Å². The fourth-order valence-corrected chi connectivity index (χ4v) is 5.68. The minimum absolute atomic E-state index is 0.0879. The van der Waals surface area contributed by atoms with Crippen LogP contribution in [0.25, 0.3) is 0 Å². The van der Waals surface area contributed by atoms with E-state index in [4.69, 9.17) is 4.74 Å². The molecule has 2 aliphatic rings. The molecule has 26 heavy (non-hydrogen) atoms. The zero-order chi connectivity index (χ0) is 19.3. The van der Waals surface area contributed by atoms with Crippen LogP contribution < -0.4 is 5.32 Å². The SMILES string of the molecule is CCCCCCNC1CC(S[C@@H]2O[C@H](CO)[C@H](O)[C@H](O)[C@H]2O)C(C)(C)C1. The van der Waals surface area contributed by atoms with Gasteiger partial charge in [0.2, 0.25) is 0 Å². The Labute approximate surface area is 161 Å². The summed E-state index contributed by atoms with van der Waals surface area (Å²) in [5, 5.41) is 43.5. The lowest BCUT2D eigenvalue weighted by atomic mass is 9.91. The van der Waals surface area contributed by atoms with Crippen molar-refractivity contribution >= 4 is 11.8 Å². The van der Waals surface area contributed by atoms with Gasteiger partial charge in [-0.1, -0.05) is 40.0 Å². The molecule has 0 bridgehead atoms. The number of hydrogen-bond acceptors (Lipinski definition) is 7. The second-order valence-electron chi connectivity index (χ2n) is 8.46. The molecule has 0 aromatic rings. The summed E-state index contributed by atoms with van der Waals surface area (Å²) in [4.78, 5) is 0. The predicted molar refractivity (Wildman–Crippen MR) is 104 cm³/mol. The molecular weight excluding hydrogens is 354 g/mol. The molecule has 1 saturated heterocycles. The molecular formula is C19H37NO5S. The van der Waals surface area contributed by atoms with E-state index in [1.807, 2.05) is 0 Å². The van der Waals surface area contributed by atoms with E-state index in [0.717, 1.165) is 19.4 Å². The molecule has 0 spiro atoms. The van der Waals surface area contributed by atoms with Crippen molar-refractivity contribution in [1.82, 2.24) is 5.32 Å². The van der Waals surface area contributed by atoms with Crippen LogP contribution in [-0.4, -0.2) is 74.7 Å². The first-order valence-corrected chi connectivity index (χ1v) is 10.9. The summed E-state index contributed by atoms with van der Waals surface area (Å²) < 4.78 is 5.68. The molecule has 0 aromatic carbocycles. The maximum absolute atomic E-state index is 10.3. The Bertz CT molecular complexity index is 423. The average molecular weight is 392 g/mol. The first kappa shape index (κ1) is 22.4. The van der Waals surface area contributed by atoms with Gasteiger partial charge in [-0.25, -0.2) is 0 Å². The lowest BCUT2D eigenvalue weighted by Crippen LogP contribution is -2.58. The van der Waals surface area contributed by atoms with Gasteiger partial charge in [0.1, 0.15) is 29.9 Å². The summed E-state index contributed by atoms with van der Waals surface area (Å²) in [7, 11) is 0. The average Bonchev–Trinajstić information content (AvgIpc) is 2.88. The van der Waals surface area contributed by atoms with Crippen LogP contribution in [0.2, 0.25) is 0 Å². The molecule has 1 aliphatic heterocycles. The number of nitrogens with one attached hydrogen (secondary N) is 1. The number of unbranched alkanes of at least 4 members (excludes halogenated alkanes) is 3. The molecule has 2 unspecified atom stereocenters. The summed E-state index contributed by atoms with van der Waals surface area (Å²) in [5.74, 6) is 0. The van der Waals surface area contributed by atoms with E-state index in [9.17, 15) is 20.4 Å². The van der Waals surface area contributed by atoms with E-state index in [0.29, 0.717) is 6.04 Å².